The number of ether oxygens (including phenoxy) is 2. The minimum absolute atomic E-state index is 0.00797. The number of anilines is 1. The first kappa shape index (κ1) is 23.8. The van der Waals surface area contributed by atoms with Gasteiger partial charge in [0.2, 0.25) is 5.91 Å². The van der Waals surface area contributed by atoms with E-state index in [4.69, 9.17) is 9.47 Å². The Morgan fingerprint density at radius 3 is 2.36 bits per heavy atom. The van der Waals surface area contributed by atoms with Gasteiger partial charge in [0, 0.05) is 21.6 Å². The molecular weight excluding hydrogens is 482 g/mol. The second-order valence-corrected chi connectivity index (χ2v) is 10.0. The van der Waals surface area contributed by atoms with E-state index in [1.807, 2.05) is 49.4 Å². The van der Waals surface area contributed by atoms with Gasteiger partial charge in [0.05, 0.1) is 12.5 Å². The highest BCUT2D eigenvalue weighted by Crippen LogP contribution is 2.40. The van der Waals surface area contributed by atoms with E-state index in [0.717, 1.165) is 47.0 Å². The van der Waals surface area contributed by atoms with Crippen molar-refractivity contribution < 1.29 is 19.1 Å². The van der Waals surface area contributed by atoms with Crippen molar-refractivity contribution in [3.8, 4) is 5.75 Å². The van der Waals surface area contributed by atoms with Crippen LogP contribution in [-0.4, -0.2) is 24.6 Å². The van der Waals surface area contributed by atoms with E-state index in [2.05, 4.69) is 21.2 Å². The summed E-state index contributed by atoms with van der Waals surface area (Å²) in [5.41, 5.74) is 2.58. The predicted molar refractivity (Wildman–Crippen MR) is 132 cm³/mol. The van der Waals surface area contributed by atoms with Crippen LogP contribution in [0.1, 0.15) is 62.5 Å². The number of hydrogen-bond donors (Lipinski definition) is 1. The molecule has 2 saturated carbocycles. The molecule has 2 atom stereocenters. The summed E-state index contributed by atoms with van der Waals surface area (Å²) in [5.74, 6) is 0.654. The molecule has 2 aliphatic carbocycles. The molecule has 1 amide bonds. The van der Waals surface area contributed by atoms with E-state index in [9.17, 15) is 9.59 Å². The monoisotopic (exact) mass is 513 g/mol. The summed E-state index contributed by atoms with van der Waals surface area (Å²) in [5, 5.41) is 3.17. The molecular formula is C27H32BrNO4. The summed E-state index contributed by atoms with van der Waals surface area (Å²) in [7, 11) is 0. The molecule has 4 rings (SSSR count). The lowest BCUT2D eigenvalue weighted by atomic mass is 9.84. The van der Waals surface area contributed by atoms with Gasteiger partial charge in [-0.05, 0) is 75.3 Å². The number of amides is 1. The number of carbonyl (C=O) groups excluding carboxylic acids is 2. The maximum Gasteiger partial charge on any atom is 0.347 e. The summed E-state index contributed by atoms with van der Waals surface area (Å²) in [6, 6.07) is 13.7. The molecule has 33 heavy (non-hydrogen) atoms. The summed E-state index contributed by atoms with van der Waals surface area (Å²) >= 11 is 3.49. The topological polar surface area (TPSA) is 64.6 Å². The normalized spacial score (nSPS) is 17.9. The van der Waals surface area contributed by atoms with Crippen molar-refractivity contribution in [2.45, 2.75) is 64.4 Å². The molecule has 0 spiro atoms. The van der Waals surface area contributed by atoms with Crippen molar-refractivity contribution in [1.82, 2.24) is 0 Å². The maximum atomic E-state index is 13.5. The third-order valence-corrected chi connectivity index (χ3v) is 7.28. The number of esters is 1. The zero-order valence-electron chi connectivity index (χ0n) is 19.3. The van der Waals surface area contributed by atoms with Crippen molar-refractivity contribution in [2.24, 2.45) is 11.8 Å². The predicted octanol–water partition coefficient (Wildman–Crippen LogP) is 6.39. The van der Waals surface area contributed by atoms with Crippen LogP contribution >= 0.6 is 15.9 Å². The molecule has 0 bridgehead atoms. The van der Waals surface area contributed by atoms with E-state index < -0.39 is 6.10 Å². The fraction of sp³-hybridized carbons (Fsp3) is 0.481. The van der Waals surface area contributed by atoms with E-state index in [1.165, 1.54) is 12.8 Å². The fourth-order valence-electron chi connectivity index (χ4n) is 4.78. The molecule has 2 aromatic carbocycles. The second kappa shape index (κ2) is 10.7. The first-order valence-corrected chi connectivity index (χ1v) is 12.8. The second-order valence-electron chi connectivity index (χ2n) is 9.12. The maximum absolute atomic E-state index is 13.5. The molecule has 0 saturated heterocycles. The van der Waals surface area contributed by atoms with Crippen LogP contribution < -0.4 is 10.1 Å². The van der Waals surface area contributed by atoms with Crippen molar-refractivity contribution in [3.05, 3.63) is 58.1 Å². The van der Waals surface area contributed by atoms with Gasteiger partial charge in [-0.2, -0.15) is 0 Å². The van der Waals surface area contributed by atoms with Crippen LogP contribution in [0.25, 0.3) is 0 Å². The minimum atomic E-state index is -0.594. The van der Waals surface area contributed by atoms with E-state index in [0.29, 0.717) is 18.3 Å². The Kier molecular flexibility index (Phi) is 7.74. The first-order valence-electron chi connectivity index (χ1n) is 12.0. The van der Waals surface area contributed by atoms with Crippen LogP contribution in [0.5, 0.6) is 5.75 Å². The fourth-order valence-corrected chi connectivity index (χ4v) is 5.05. The van der Waals surface area contributed by atoms with E-state index in [1.54, 1.807) is 6.92 Å². The van der Waals surface area contributed by atoms with Crippen molar-refractivity contribution in [2.75, 3.05) is 11.9 Å². The molecule has 0 heterocycles. The van der Waals surface area contributed by atoms with Crippen LogP contribution in [-0.2, 0) is 14.3 Å². The van der Waals surface area contributed by atoms with Crippen molar-refractivity contribution in [3.63, 3.8) is 0 Å². The van der Waals surface area contributed by atoms with Gasteiger partial charge < -0.3 is 14.8 Å². The van der Waals surface area contributed by atoms with Crippen LogP contribution in [0.3, 0.4) is 0 Å². The lowest BCUT2D eigenvalue weighted by Crippen LogP contribution is -2.32. The van der Waals surface area contributed by atoms with Gasteiger partial charge in [-0.15, -0.1) is 0 Å². The number of halogens is 1. The van der Waals surface area contributed by atoms with Gasteiger partial charge in [-0.1, -0.05) is 47.0 Å². The average Bonchev–Trinajstić information content (AvgIpc) is 3.50. The number of nitrogens with one attached hydrogen (secondary N) is 1. The molecule has 2 aliphatic rings. The lowest BCUT2D eigenvalue weighted by Gasteiger charge is -2.24. The van der Waals surface area contributed by atoms with Gasteiger partial charge in [0.1, 0.15) is 5.75 Å². The smallest absolute Gasteiger partial charge is 0.347 e. The molecule has 2 unspecified atom stereocenters. The number of rotatable bonds is 9. The summed E-state index contributed by atoms with van der Waals surface area (Å²) in [6.45, 7) is 4.05. The van der Waals surface area contributed by atoms with Gasteiger partial charge in [0.15, 0.2) is 6.10 Å². The van der Waals surface area contributed by atoms with E-state index in [-0.39, 0.29) is 23.7 Å². The highest BCUT2D eigenvalue weighted by Gasteiger charge is 2.39. The molecule has 0 aromatic heterocycles. The molecule has 1 N–H and O–H groups in total. The van der Waals surface area contributed by atoms with Gasteiger partial charge in [0.25, 0.3) is 0 Å². The van der Waals surface area contributed by atoms with E-state index >= 15 is 0 Å². The molecule has 0 aliphatic heterocycles. The Bertz CT molecular complexity index is 980. The third kappa shape index (κ3) is 5.78. The Morgan fingerprint density at radius 1 is 1.03 bits per heavy atom. The van der Waals surface area contributed by atoms with Gasteiger partial charge >= 0.3 is 5.97 Å². The number of carbonyl (C=O) groups is 2. The summed E-state index contributed by atoms with van der Waals surface area (Å²) < 4.78 is 12.4. The Labute approximate surface area is 204 Å². The molecule has 6 heteroatoms. The lowest BCUT2D eigenvalue weighted by molar-refractivity contribution is -0.152. The van der Waals surface area contributed by atoms with Crippen molar-refractivity contribution in [1.29, 1.82) is 0 Å². The summed E-state index contributed by atoms with van der Waals surface area (Å²) in [6.07, 6.45) is 5.82. The van der Waals surface area contributed by atoms with Crippen molar-refractivity contribution >= 4 is 33.5 Å². The zero-order valence-corrected chi connectivity index (χ0v) is 20.9. The Balaban J connectivity index is 1.54. The van der Waals surface area contributed by atoms with Gasteiger partial charge in [-0.25, -0.2) is 4.79 Å². The Hall–Kier alpha value is -2.34. The third-order valence-electron chi connectivity index (χ3n) is 6.75. The summed E-state index contributed by atoms with van der Waals surface area (Å²) in [4.78, 5) is 25.9. The van der Waals surface area contributed by atoms with Crippen LogP contribution in [0.4, 0.5) is 5.69 Å². The van der Waals surface area contributed by atoms with Crippen LogP contribution in [0.15, 0.2) is 46.9 Å². The largest absolute Gasteiger partial charge is 0.478 e. The van der Waals surface area contributed by atoms with Crippen LogP contribution in [0.2, 0.25) is 0 Å². The minimum Gasteiger partial charge on any atom is -0.478 e. The molecule has 0 radical (unpaired) electrons. The Morgan fingerprint density at radius 2 is 1.73 bits per heavy atom. The average molecular weight is 514 g/mol. The quantitative estimate of drug-likeness (QED) is 0.394. The molecule has 2 fully saturated rings. The number of hydrogen-bond acceptors (Lipinski definition) is 4. The molecule has 5 nitrogen and oxygen atoms in total. The molecule has 176 valence electrons. The zero-order chi connectivity index (χ0) is 23.4. The number of benzene rings is 2. The first-order chi connectivity index (χ1) is 16.0. The molecule has 2 aromatic rings. The highest BCUT2D eigenvalue weighted by atomic mass is 79.9. The SMILES string of the molecule is CCOC(=O)C(Oc1cccc(NC(=O)C(c2ccc(Br)cc2)C2CCCC2)c1C)C1CC1. The van der Waals surface area contributed by atoms with Gasteiger partial charge in [-0.3, -0.25) is 4.79 Å². The van der Waals surface area contributed by atoms with Crippen LogP contribution in [0, 0.1) is 18.8 Å². The highest BCUT2D eigenvalue weighted by molar-refractivity contribution is 9.10. The standard InChI is InChI=1S/C27H32BrNO4/c1-3-32-27(31)25(20-11-12-20)33-23-10-6-9-22(17(23)2)29-26(30)24(18-7-4-5-8-18)19-13-15-21(28)16-14-19/h6,9-10,13-16,18,20,24-25H,3-5,7-8,11-12H2,1-2H3,(H,29,30).